The van der Waals surface area contributed by atoms with E-state index in [4.69, 9.17) is 5.73 Å². The number of fused-ring (bicyclic) bond motifs is 3. The predicted molar refractivity (Wildman–Crippen MR) is 73.6 cm³/mol. The monoisotopic (exact) mass is 240 g/mol. The van der Waals surface area contributed by atoms with Gasteiger partial charge in [-0.25, -0.2) is 4.98 Å². The van der Waals surface area contributed by atoms with Crippen molar-refractivity contribution in [3.63, 3.8) is 0 Å². The number of para-hydroxylation sites is 2. The lowest BCUT2D eigenvalue weighted by Crippen LogP contribution is -2.05. The fourth-order valence-electron chi connectivity index (χ4n) is 2.28. The first kappa shape index (κ1) is 11.0. The van der Waals surface area contributed by atoms with Crippen LogP contribution in [0.5, 0.6) is 0 Å². The van der Waals surface area contributed by atoms with E-state index in [1.54, 1.807) is 0 Å². The summed E-state index contributed by atoms with van der Waals surface area (Å²) in [5.41, 5.74) is 9.10. The van der Waals surface area contributed by atoms with Gasteiger partial charge < -0.3 is 5.73 Å². The maximum Gasteiger partial charge on any atom is 0.237 e. The van der Waals surface area contributed by atoms with Crippen molar-refractivity contribution in [2.45, 2.75) is 26.2 Å². The molecule has 92 valence electrons. The molecule has 0 aliphatic carbocycles. The molecule has 0 saturated carbocycles. The Balaban J connectivity index is 2.46. The number of nitrogens with zero attached hydrogens (tertiary/aromatic N) is 3. The maximum atomic E-state index is 5.87. The second-order valence-electron chi connectivity index (χ2n) is 4.65. The summed E-state index contributed by atoms with van der Waals surface area (Å²) in [7, 11) is 0. The zero-order valence-corrected chi connectivity index (χ0v) is 10.6. The molecule has 0 bridgehead atoms. The summed E-state index contributed by atoms with van der Waals surface area (Å²) in [6.45, 7) is 4.37. The van der Waals surface area contributed by atoms with Crippen molar-refractivity contribution in [2.24, 2.45) is 0 Å². The van der Waals surface area contributed by atoms with E-state index in [-0.39, 0.29) is 0 Å². The Morgan fingerprint density at radius 1 is 1.28 bits per heavy atom. The van der Waals surface area contributed by atoms with Gasteiger partial charge in [0.05, 0.1) is 11.0 Å². The summed E-state index contributed by atoms with van der Waals surface area (Å²) in [6, 6.07) is 10.0. The van der Waals surface area contributed by atoms with Crippen LogP contribution in [0, 0.1) is 0 Å². The van der Waals surface area contributed by atoms with Gasteiger partial charge in [-0.1, -0.05) is 26.0 Å². The highest BCUT2D eigenvalue weighted by Crippen LogP contribution is 2.25. The zero-order valence-electron chi connectivity index (χ0n) is 10.6. The van der Waals surface area contributed by atoms with Gasteiger partial charge in [0.15, 0.2) is 0 Å². The first-order chi connectivity index (χ1) is 8.70. The lowest BCUT2D eigenvalue weighted by atomic mass is 10.0. The fraction of sp³-hybridized carbons (Fsp3) is 0.286. The third kappa shape index (κ3) is 1.53. The Morgan fingerprint density at radius 3 is 2.83 bits per heavy atom. The molecular formula is C14H16N4. The summed E-state index contributed by atoms with van der Waals surface area (Å²) in [4.78, 5) is 8.85. The first-order valence-corrected chi connectivity index (χ1v) is 6.24. The van der Waals surface area contributed by atoms with Gasteiger partial charge in [-0.2, -0.15) is 4.98 Å². The molecule has 3 aromatic rings. The molecule has 18 heavy (non-hydrogen) atoms. The Morgan fingerprint density at radius 2 is 2.06 bits per heavy atom. The van der Waals surface area contributed by atoms with E-state index in [0.29, 0.717) is 17.5 Å². The number of nitrogen functional groups attached to an aromatic ring is 1. The quantitative estimate of drug-likeness (QED) is 0.749. The minimum absolute atomic E-state index is 0.426. The van der Waals surface area contributed by atoms with Crippen molar-refractivity contribution in [2.75, 3.05) is 5.73 Å². The van der Waals surface area contributed by atoms with Crippen LogP contribution in [0.2, 0.25) is 0 Å². The molecule has 3 rings (SSSR count). The molecule has 2 N–H and O–H groups in total. The first-order valence-electron chi connectivity index (χ1n) is 6.24. The van der Waals surface area contributed by atoms with Crippen LogP contribution in [0.25, 0.3) is 16.8 Å². The van der Waals surface area contributed by atoms with Crippen molar-refractivity contribution in [1.82, 2.24) is 14.4 Å². The Labute approximate surface area is 105 Å². The van der Waals surface area contributed by atoms with Crippen LogP contribution in [-0.2, 0) is 0 Å². The lowest BCUT2D eigenvalue weighted by Gasteiger charge is -2.12. The van der Waals surface area contributed by atoms with Gasteiger partial charge in [0.25, 0.3) is 0 Å². The highest BCUT2D eigenvalue weighted by Gasteiger charge is 2.14. The third-order valence-corrected chi connectivity index (χ3v) is 3.44. The second kappa shape index (κ2) is 3.98. The zero-order chi connectivity index (χ0) is 12.7. The number of hydrogen-bond donors (Lipinski definition) is 1. The molecule has 2 heterocycles. The van der Waals surface area contributed by atoms with Gasteiger partial charge in [0.2, 0.25) is 5.78 Å². The highest BCUT2D eigenvalue weighted by atomic mass is 15.1. The summed E-state index contributed by atoms with van der Waals surface area (Å²) in [5, 5.41) is 0. The largest absolute Gasteiger partial charge is 0.384 e. The molecule has 2 aromatic heterocycles. The van der Waals surface area contributed by atoms with Gasteiger partial charge >= 0.3 is 0 Å². The molecule has 0 aliphatic rings. The van der Waals surface area contributed by atoms with Gasteiger partial charge in [-0.3, -0.25) is 4.40 Å². The molecule has 0 fully saturated rings. The topological polar surface area (TPSA) is 56.2 Å². The number of benzene rings is 1. The van der Waals surface area contributed by atoms with Gasteiger partial charge in [-0.05, 0) is 24.5 Å². The van der Waals surface area contributed by atoms with Crippen LogP contribution in [0.15, 0.2) is 30.3 Å². The molecular weight excluding hydrogens is 224 g/mol. The van der Waals surface area contributed by atoms with Crippen LogP contribution in [-0.4, -0.2) is 14.4 Å². The normalized spacial score (nSPS) is 13.2. The standard InChI is InChI=1S/C14H16N4/c1-3-9(2)12-8-13(15)17-14-16-10-6-4-5-7-11(10)18(12)14/h4-9H,3H2,1-2H3,(H2,15,16,17)/t9-/m0/s1. The minimum atomic E-state index is 0.426. The predicted octanol–water partition coefficient (Wildman–Crippen LogP) is 2.98. The number of hydrogen-bond acceptors (Lipinski definition) is 3. The molecule has 0 radical (unpaired) electrons. The summed E-state index contributed by atoms with van der Waals surface area (Å²) in [5.74, 6) is 1.65. The summed E-state index contributed by atoms with van der Waals surface area (Å²) < 4.78 is 2.11. The number of rotatable bonds is 2. The van der Waals surface area contributed by atoms with Crippen LogP contribution < -0.4 is 5.73 Å². The van der Waals surface area contributed by atoms with Crippen molar-refractivity contribution in [1.29, 1.82) is 0 Å². The van der Waals surface area contributed by atoms with Crippen molar-refractivity contribution in [3.8, 4) is 0 Å². The highest BCUT2D eigenvalue weighted by molar-refractivity contribution is 5.80. The molecule has 0 spiro atoms. The van der Waals surface area contributed by atoms with E-state index in [1.807, 2.05) is 24.3 Å². The Hall–Kier alpha value is -2.10. The minimum Gasteiger partial charge on any atom is -0.384 e. The molecule has 4 nitrogen and oxygen atoms in total. The van der Waals surface area contributed by atoms with E-state index in [2.05, 4.69) is 34.3 Å². The fourth-order valence-corrected chi connectivity index (χ4v) is 2.28. The van der Waals surface area contributed by atoms with Gasteiger partial charge in [0, 0.05) is 11.8 Å². The smallest absolute Gasteiger partial charge is 0.237 e. The summed E-state index contributed by atoms with van der Waals surface area (Å²) in [6.07, 6.45) is 1.06. The number of anilines is 1. The number of imidazole rings is 1. The molecule has 0 unspecified atom stereocenters. The number of nitrogens with two attached hydrogens (primary N) is 1. The van der Waals surface area contributed by atoms with Crippen LogP contribution >= 0.6 is 0 Å². The molecule has 0 amide bonds. The lowest BCUT2D eigenvalue weighted by molar-refractivity contribution is 0.698. The number of aromatic nitrogens is 3. The molecule has 1 atom stereocenters. The van der Waals surface area contributed by atoms with Crippen LogP contribution in [0.1, 0.15) is 31.9 Å². The van der Waals surface area contributed by atoms with E-state index in [9.17, 15) is 0 Å². The Bertz CT molecular complexity index is 714. The van der Waals surface area contributed by atoms with Gasteiger partial charge in [-0.15, -0.1) is 0 Å². The van der Waals surface area contributed by atoms with Crippen LogP contribution in [0.3, 0.4) is 0 Å². The van der Waals surface area contributed by atoms with E-state index in [0.717, 1.165) is 17.5 Å². The van der Waals surface area contributed by atoms with E-state index in [1.165, 1.54) is 5.69 Å². The average Bonchev–Trinajstić information content (AvgIpc) is 2.74. The van der Waals surface area contributed by atoms with Crippen molar-refractivity contribution < 1.29 is 0 Å². The van der Waals surface area contributed by atoms with Crippen molar-refractivity contribution in [3.05, 3.63) is 36.0 Å². The molecule has 0 aliphatic heterocycles. The molecule has 1 aromatic carbocycles. The summed E-state index contributed by atoms with van der Waals surface area (Å²) >= 11 is 0. The van der Waals surface area contributed by atoms with Gasteiger partial charge in [0.1, 0.15) is 5.82 Å². The van der Waals surface area contributed by atoms with E-state index < -0.39 is 0 Å². The van der Waals surface area contributed by atoms with E-state index >= 15 is 0 Å². The second-order valence-corrected chi connectivity index (χ2v) is 4.65. The Kier molecular flexibility index (Phi) is 2.44. The maximum absolute atomic E-state index is 5.87. The third-order valence-electron chi connectivity index (χ3n) is 3.44. The van der Waals surface area contributed by atoms with Crippen molar-refractivity contribution >= 4 is 22.6 Å². The van der Waals surface area contributed by atoms with Crippen LogP contribution in [0.4, 0.5) is 5.82 Å². The average molecular weight is 240 g/mol. The molecule has 0 saturated heterocycles. The SMILES string of the molecule is CC[C@H](C)c1cc(N)nc2nc3ccccc3n12. The molecule has 4 heteroatoms.